The molecule has 1 aliphatic heterocycles. The minimum absolute atomic E-state index is 0.138. The van der Waals surface area contributed by atoms with Crippen molar-refractivity contribution in [1.82, 2.24) is 15.1 Å². The number of carbonyl (C=O) groups excluding carboxylic acids is 2. The Morgan fingerprint density at radius 2 is 2.17 bits per heavy atom. The van der Waals surface area contributed by atoms with Crippen molar-refractivity contribution in [1.29, 1.82) is 0 Å². The summed E-state index contributed by atoms with van der Waals surface area (Å²) in [5, 5.41) is 2.11. The molecule has 2 amide bonds. The third-order valence-electron chi connectivity index (χ3n) is 3.39. The molecule has 1 unspecified atom stereocenters. The number of halogens is 2. The van der Waals surface area contributed by atoms with Gasteiger partial charge in [-0.05, 0) is 20.2 Å². The van der Waals surface area contributed by atoms with E-state index in [0.717, 1.165) is 12.1 Å². The zero-order valence-corrected chi connectivity index (χ0v) is 13.8. The maximum Gasteiger partial charge on any atom is 0.239 e. The van der Waals surface area contributed by atoms with E-state index in [1.54, 1.807) is 0 Å². The summed E-state index contributed by atoms with van der Waals surface area (Å²) in [6, 6.07) is 3.25. The molecule has 0 radical (unpaired) electrons. The summed E-state index contributed by atoms with van der Waals surface area (Å²) in [7, 11) is 3.78. The van der Waals surface area contributed by atoms with Crippen molar-refractivity contribution in [2.45, 2.75) is 5.37 Å². The Balaban J connectivity index is 2.03. The van der Waals surface area contributed by atoms with Crippen LogP contribution in [0.3, 0.4) is 0 Å². The number of benzene rings is 1. The third-order valence-corrected chi connectivity index (χ3v) is 4.63. The molecule has 1 aliphatic rings. The Kier molecular flexibility index (Phi) is 5.95. The highest BCUT2D eigenvalue weighted by molar-refractivity contribution is 8.00. The van der Waals surface area contributed by atoms with Gasteiger partial charge in [-0.2, -0.15) is 0 Å². The number of nitrogens with zero attached hydrogens (tertiary/aromatic N) is 2. The lowest BCUT2D eigenvalue weighted by molar-refractivity contribution is -0.133. The molecule has 1 aromatic carbocycles. The van der Waals surface area contributed by atoms with Gasteiger partial charge in [0.1, 0.15) is 23.6 Å². The molecule has 1 fully saturated rings. The van der Waals surface area contributed by atoms with Gasteiger partial charge in [0.2, 0.25) is 11.8 Å². The lowest BCUT2D eigenvalue weighted by Gasteiger charge is -2.24. The number of hydrogen-bond acceptors (Lipinski definition) is 4. The average Bonchev–Trinajstić information content (AvgIpc) is 2.80. The van der Waals surface area contributed by atoms with Crippen LogP contribution in [0.4, 0.5) is 8.78 Å². The summed E-state index contributed by atoms with van der Waals surface area (Å²) in [5.41, 5.74) is 0.211. The van der Waals surface area contributed by atoms with Crippen LogP contribution in [-0.4, -0.2) is 61.1 Å². The van der Waals surface area contributed by atoms with Gasteiger partial charge in [0.25, 0.3) is 0 Å². The molecule has 1 heterocycles. The maximum atomic E-state index is 13.9. The Morgan fingerprint density at radius 1 is 1.43 bits per heavy atom. The van der Waals surface area contributed by atoms with E-state index >= 15 is 0 Å². The Labute approximate surface area is 138 Å². The first-order valence-corrected chi connectivity index (χ1v) is 8.21. The second kappa shape index (κ2) is 7.74. The topological polar surface area (TPSA) is 52.7 Å². The normalized spacial score (nSPS) is 17.9. The number of hydrogen-bond donors (Lipinski definition) is 1. The molecule has 1 saturated heterocycles. The number of likely N-dealkylation sites (N-methyl/N-ethyl adjacent to an activating group) is 1. The molecule has 0 spiro atoms. The van der Waals surface area contributed by atoms with Gasteiger partial charge >= 0.3 is 0 Å². The molecule has 1 atom stereocenters. The Morgan fingerprint density at radius 3 is 2.83 bits per heavy atom. The Hall–Kier alpha value is -1.67. The molecule has 2 rings (SSSR count). The van der Waals surface area contributed by atoms with E-state index in [1.807, 2.05) is 19.0 Å². The van der Waals surface area contributed by atoms with Crippen LogP contribution in [0.2, 0.25) is 0 Å². The molecule has 0 saturated carbocycles. The highest BCUT2D eigenvalue weighted by Gasteiger charge is 2.35. The lowest BCUT2D eigenvalue weighted by Crippen LogP contribution is -2.41. The summed E-state index contributed by atoms with van der Waals surface area (Å²) < 4.78 is 27.0. The second-order valence-electron chi connectivity index (χ2n) is 5.50. The largest absolute Gasteiger partial charge is 0.353 e. The SMILES string of the molecule is CN(C)CCNC(=O)CN1C(=O)CSC1c1ccc(F)cc1F. The number of amides is 2. The third kappa shape index (κ3) is 4.65. The van der Waals surface area contributed by atoms with Crippen LogP contribution in [-0.2, 0) is 9.59 Å². The fourth-order valence-corrected chi connectivity index (χ4v) is 3.42. The van der Waals surface area contributed by atoms with E-state index in [4.69, 9.17) is 0 Å². The summed E-state index contributed by atoms with van der Waals surface area (Å²) in [4.78, 5) is 27.2. The number of thioether (sulfide) groups is 1. The van der Waals surface area contributed by atoms with Gasteiger partial charge in [0, 0.05) is 24.7 Å². The van der Waals surface area contributed by atoms with Crippen molar-refractivity contribution >= 4 is 23.6 Å². The first-order valence-electron chi connectivity index (χ1n) is 7.16. The highest BCUT2D eigenvalue weighted by Crippen LogP contribution is 2.39. The molecule has 8 heteroatoms. The van der Waals surface area contributed by atoms with Gasteiger partial charge in [-0.3, -0.25) is 9.59 Å². The molecule has 126 valence electrons. The van der Waals surface area contributed by atoms with Crippen molar-refractivity contribution in [2.75, 3.05) is 39.5 Å². The highest BCUT2D eigenvalue weighted by atomic mass is 32.2. The number of rotatable bonds is 6. The van der Waals surface area contributed by atoms with E-state index < -0.39 is 17.0 Å². The molecule has 23 heavy (non-hydrogen) atoms. The van der Waals surface area contributed by atoms with E-state index in [9.17, 15) is 18.4 Å². The van der Waals surface area contributed by atoms with E-state index in [1.165, 1.54) is 22.7 Å². The second-order valence-corrected chi connectivity index (χ2v) is 6.57. The van der Waals surface area contributed by atoms with Crippen LogP contribution in [0.25, 0.3) is 0 Å². The number of nitrogens with one attached hydrogen (secondary N) is 1. The fourth-order valence-electron chi connectivity index (χ4n) is 2.21. The summed E-state index contributed by atoms with van der Waals surface area (Å²) in [6.45, 7) is 1.02. The van der Waals surface area contributed by atoms with Crippen molar-refractivity contribution in [2.24, 2.45) is 0 Å². The van der Waals surface area contributed by atoms with Crippen molar-refractivity contribution < 1.29 is 18.4 Å². The van der Waals surface area contributed by atoms with Gasteiger partial charge in [-0.25, -0.2) is 8.78 Å². The molecule has 0 aromatic heterocycles. The summed E-state index contributed by atoms with van der Waals surface area (Å²) in [6.07, 6.45) is 0. The lowest BCUT2D eigenvalue weighted by atomic mass is 10.2. The predicted octanol–water partition coefficient (Wildman–Crippen LogP) is 1.22. The van der Waals surface area contributed by atoms with Gasteiger partial charge in [-0.15, -0.1) is 11.8 Å². The van der Waals surface area contributed by atoms with Crippen LogP contribution in [0, 0.1) is 11.6 Å². The smallest absolute Gasteiger partial charge is 0.239 e. The van der Waals surface area contributed by atoms with Gasteiger partial charge in [0.15, 0.2) is 0 Å². The average molecular weight is 343 g/mol. The van der Waals surface area contributed by atoms with E-state index in [-0.39, 0.29) is 29.7 Å². The zero-order chi connectivity index (χ0) is 17.0. The quantitative estimate of drug-likeness (QED) is 0.844. The van der Waals surface area contributed by atoms with E-state index in [0.29, 0.717) is 13.1 Å². The van der Waals surface area contributed by atoms with Crippen LogP contribution in [0.5, 0.6) is 0 Å². The molecular weight excluding hydrogens is 324 g/mol. The van der Waals surface area contributed by atoms with Gasteiger partial charge in [0.05, 0.1) is 5.75 Å². The van der Waals surface area contributed by atoms with Gasteiger partial charge in [-0.1, -0.05) is 6.07 Å². The molecule has 1 N–H and O–H groups in total. The first-order chi connectivity index (χ1) is 10.9. The van der Waals surface area contributed by atoms with Crippen molar-refractivity contribution in [3.8, 4) is 0 Å². The molecule has 1 aromatic rings. The summed E-state index contributed by atoms with van der Waals surface area (Å²) in [5.74, 6) is -1.74. The monoisotopic (exact) mass is 343 g/mol. The predicted molar refractivity (Wildman–Crippen MR) is 84.8 cm³/mol. The van der Waals surface area contributed by atoms with Crippen LogP contribution in [0.1, 0.15) is 10.9 Å². The molecular formula is C15H19F2N3O2S. The minimum atomic E-state index is -0.713. The first kappa shape index (κ1) is 17.7. The molecule has 5 nitrogen and oxygen atoms in total. The van der Waals surface area contributed by atoms with Crippen molar-refractivity contribution in [3.05, 3.63) is 35.4 Å². The maximum absolute atomic E-state index is 13.9. The van der Waals surface area contributed by atoms with Gasteiger partial charge < -0.3 is 15.1 Å². The Bertz CT molecular complexity index is 598. The summed E-state index contributed by atoms with van der Waals surface area (Å²) >= 11 is 1.23. The minimum Gasteiger partial charge on any atom is -0.353 e. The van der Waals surface area contributed by atoms with Crippen LogP contribution < -0.4 is 5.32 Å². The van der Waals surface area contributed by atoms with Crippen LogP contribution in [0.15, 0.2) is 18.2 Å². The standard InChI is InChI=1S/C15H19F2N3O2S/c1-19(2)6-5-18-13(21)8-20-14(22)9-23-15(20)11-4-3-10(16)7-12(11)17/h3-4,7,15H,5-6,8-9H2,1-2H3,(H,18,21). The fraction of sp³-hybridized carbons (Fsp3) is 0.467. The van der Waals surface area contributed by atoms with E-state index in [2.05, 4.69) is 5.32 Å². The molecule has 0 aliphatic carbocycles. The number of carbonyl (C=O) groups is 2. The zero-order valence-electron chi connectivity index (χ0n) is 13.0. The van der Waals surface area contributed by atoms with Crippen LogP contribution >= 0.6 is 11.8 Å². The van der Waals surface area contributed by atoms with Crippen molar-refractivity contribution in [3.63, 3.8) is 0 Å². The molecule has 0 bridgehead atoms.